The van der Waals surface area contributed by atoms with Gasteiger partial charge in [-0.05, 0) is 68.7 Å². The molecule has 0 unspecified atom stereocenters. The first-order valence-corrected chi connectivity index (χ1v) is 11.1. The van der Waals surface area contributed by atoms with Crippen LogP contribution in [0.25, 0.3) is 0 Å². The monoisotopic (exact) mass is 415 g/mol. The van der Waals surface area contributed by atoms with Crippen molar-refractivity contribution < 1.29 is 19.1 Å². The topological polar surface area (TPSA) is 64.6 Å². The minimum atomic E-state index is -0.356. The molecule has 1 N–H and O–H groups in total. The maximum absolute atomic E-state index is 12.6. The van der Waals surface area contributed by atoms with Crippen LogP contribution < -0.4 is 10.1 Å². The molecule has 1 heterocycles. The minimum absolute atomic E-state index is 0.104. The van der Waals surface area contributed by atoms with E-state index in [0.717, 1.165) is 42.4 Å². The van der Waals surface area contributed by atoms with Crippen molar-refractivity contribution in [3.05, 3.63) is 45.3 Å². The van der Waals surface area contributed by atoms with Crippen molar-refractivity contribution in [3.8, 4) is 5.75 Å². The van der Waals surface area contributed by atoms with Crippen molar-refractivity contribution in [2.45, 2.75) is 53.4 Å². The van der Waals surface area contributed by atoms with Crippen LogP contribution in [0.4, 0.5) is 5.00 Å². The number of rotatable bonds is 7. The molecule has 29 heavy (non-hydrogen) atoms. The molecule has 5 nitrogen and oxygen atoms in total. The van der Waals surface area contributed by atoms with E-state index in [4.69, 9.17) is 9.47 Å². The summed E-state index contributed by atoms with van der Waals surface area (Å²) >= 11 is 1.50. The zero-order valence-corrected chi connectivity index (χ0v) is 18.4. The second kappa shape index (κ2) is 9.44. The number of carbonyl (C=O) groups is 2. The van der Waals surface area contributed by atoms with Crippen molar-refractivity contribution in [1.29, 1.82) is 0 Å². The number of fused-ring (bicyclic) bond motifs is 1. The predicted molar refractivity (Wildman–Crippen MR) is 116 cm³/mol. The lowest BCUT2D eigenvalue weighted by atomic mass is 9.85. The van der Waals surface area contributed by atoms with Crippen LogP contribution in [0.3, 0.4) is 0 Å². The summed E-state index contributed by atoms with van der Waals surface area (Å²) in [6.07, 6.45) is 4.00. The Morgan fingerprint density at radius 3 is 2.76 bits per heavy atom. The lowest BCUT2D eigenvalue weighted by molar-refractivity contribution is -0.118. The van der Waals surface area contributed by atoms with Crippen molar-refractivity contribution in [3.63, 3.8) is 0 Å². The van der Waals surface area contributed by atoms with E-state index in [-0.39, 0.29) is 18.5 Å². The molecule has 0 fully saturated rings. The van der Waals surface area contributed by atoms with Crippen molar-refractivity contribution in [1.82, 2.24) is 0 Å². The van der Waals surface area contributed by atoms with Gasteiger partial charge in [0.25, 0.3) is 5.91 Å². The van der Waals surface area contributed by atoms with Gasteiger partial charge in [-0.1, -0.05) is 25.5 Å². The summed E-state index contributed by atoms with van der Waals surface area (Å²) in [5.41, 5.74) is 3.71. The molecular weight excluding hydrogens is 386 g/mol. The Morgan fingerprint density at radius 2 is 2.03 bits per heavy atom. The Kier molecular flexibility index (Phi) is 6.96. The number of carbonyl (C=O) groups excluding carboxylic acids is 2. The fourth-order valence-electron chi connectivity index (χ4n) is 3.70. The average Bonchev–Trinajstić information content (AvgIpc) is 3.06. The molecule has 1 aromatic carbocycles. The van der Waals surface area contributed by atoms with Crippen LogP contribution in [-0.2, 0) is 22.4 Å². The molecule has 1 aromatic heterocycles. The van der Waals surface area contributed by atoms with Crippen LogP contribution in [0.1, 0.15) is 58.6 Å². The SMILES string of the molecule is CCOC(=O)c1c(NC(=O)COc2cccc(C)c2C)sc2c1CC[C@H](CC)C2. The second-order valence-electron chi connectivity index (χ2n) is 7.48. The second-order valence-corrected chi connectivity index (χ2v) is 8.59. The van der Waals surface area contributed by atoms with E-state index in [1.807, 2.05) is 32.0 Å². The normalized spacial score (nSPS) is 15.5. The molecule has 0 spiro atoms. The number of amides is 1. The summed E-state index contributed by atoms with van der Waals surface area (Å²) in [5, 5.41) is 3.48. The highest BCUT2D eigenvalue weighted by Crippen LogP contribution is 2.40. The van der Waals surface area contributed by atoms with Crippen LogP contribution in [0, 0.1) is 19.8 Å². The molecular formula is C23H29NO4S. The fourth-order valence-corrected chi connectivity index (χ4v) is 5.06. The molecule has 0 bridgehead atoms. The average molecular weight is 416 g/mol. The number of hydrogen-bond acceptors (Lipinski definition) is 5. The van der Waals surface area contributed by atoms with Crippen molar-refractivity contribution in [2.75, 3.05) is 18.5 Å². The summed E-state index contributed by atoms with van der Waals surface area (Å²) < 4.78 is 11.0. The van der Waals surface area contributed by atoms with Gasteiger partial charge in [-0.15, -0.1) is 11.3 Å². The first-order chi connectivity index (χ1) is 13.9. The van der Waals surface area contributed by atoms with Crippen LogP contribution in [0.2, 0.25) is 0 Å². The molecule has 0 saturated heterocycles. The summed E-state index contributed by atoms with van der Waals surface area (Å²) in [4.78, 5) is 26.4. The van der Waals surface area contributed by atoms with Crippen LogP contribution in [0.15, 0.2) is 18.2 Å². The zero-order chi connectivity index (χ0) is 21.0. The molecule has 0 aliphatic heterocycles. The molecule has 0 radical (unpaired) electrons. The fraction of sp³-hybridized carbons (Fsp3) is 0.478. The van der Waals surface area contributed by atoms with E-state index in [9.17, 15) is 9.59 Å². The molecule has 1 atom stereocenters. The van der Waals surface area contributed by atoms with Gasteiger partial charge >= 0.3 is 5.97 Å². The maximum Gasteiger partial charge on any atom is 0.341 e. The molecule has 3 rings (SSSR count). The Morgan fingerprint density at radius 1 is 1.24 bits per heavy atom. The predicted octanol–water partition coefficient (Wildman–Crippen LogP) is 5.07. The van der Waals surface area contributed by atoms with E-state index < -0.39 is 0 Å². The quantitative estimate of drug-likeness (QED) is 0.641. The molecule has 1 aliphatic carbocycles. The summed E-state index contributed by atoms with van der Waals surface area (Å²) in [7, 11) is 0. The van der Waals surface area contributed by atoms with Gasteiger partial charge in [-0.3, -0.25) is 4.79 Å². The number of nitrogens with one attached hydrogen (secondary N) is 1. The number of thiophene rings is 1. The molecule has 0 saturated carbocycles. The third-order valence-corrected chi connectivity index (χ3v) is 6.76. The highest BCUT2D eigenvalue weighted by atomic mass is 32.1. The Bertz CT molecular complexity index is 903. The van der Waals surface area contributed by atoms with Gasteiger partial charge in [0.2, 0.25) is 0 Å². The summed E-state index contributed by atoms with van der Waals surface area (Å²) in [6.45, 7) is 8.17. The van der Waals surface area contributed by atoms with Gasteiger partial charge in [0, 0.05) is 4.88 Å². The van der Waals surface area contributed by atoms with Crippen molar-refractivity contribution >= 4 is 28.2 Å². The number of benzene rings is 1. The summed E-state index contributed by atoms with van der Waals surface area (Å²) in [5.74, 6) is 0.696. The van der Waals surface area contributed by atoms with E-state index in [1.54, 1.807) is 6.92 Å². The van der Waals surface area contributed by atoms with Crippen molar-refractivity contribution in [2.24, 2.45) is 5.92 Å². The Labute approximate surface area is 176 Å². The third kappa shape index (κ3) is 4.81. The van der Waals surface area contributed by atoms with Crippen LogP contribution >= 0.6 is 11.3 Å². The Hall–Kier alpha value is -2.34. The third-order valence-electron chi connectivity index (χ3n) is 5.59. The van der Waals surface area contributed by atoms with Crippen LogP contribution in [0.5, 0.6) is 5.75 Å². The standard InChI is InChI=1S/C23H29NO4S/c1-5-16-10-11-17-19(12-16)29-22(21(17)23(26)27-6-2)24-20(25)13-28-18-9-7-8-14(3)15(18)4/h7-9,16H,5-6,10-13H2,1-4H3,(H,24,25)/t16-/m0/s1. The largest absolute Gasteiger partial charge is 0.483 e. The molecule has 156 valence electrons. The van der Waals surface area contributed by atoms with Gasteiger partial charge in [-0.25, -0.2) is 4.79 Å². The number of aryl methyl sites for hydroxylation is 1. The highest BCUT2D eigenvalue weighted by molar-refractivity contribution is 7.17. The van der Waals surface area contributed by atoms with Gasteiger partial charge in [0.15, 0.2) is 6.61 Å². The number of ether oxygens (including phenoxy) is 2. The lowest BCUT2D eigenvalue weighted by Gasteiger charge is -2.20. The van der Waals surface area contributed by atoms with Gasteiger partial charge < -0.3 is 14.8 Å². The molecule has 1 aliphatic rings. The number of esters is 1. The van der Waals surface area contributed by atoms with Crippen LogP contribution in [-0.4, -0.2) is 25.1 Å². The number of hydrogen-bond donors (Lipinski definition) is 1. The molecule has 1 amide bonds. The highest BCUT2D eigenvalue weighted by Gasteiger charge is 2.29. The first-order valence-electron chi connectivity index (χ1n) is 10.2. The van der Waals surface area contributed by atoms with Gasteiger partial charge in [-0.2, -0.15) is 0 Å². The first kappa shape index (κ1) is 21.4. The Balaban J connectivity index is 1.77. The van der Waals surface area contributed by atoms with E-state index in [1.165, 1.54) is 16.2 Å². The molecule has 6 heteroatoms. The van der Waals surface area contributed by atoms with E-state index in [2.05, 4.69) is 12.2 Å². The van der Waals surface area contributed by atoms with E-state index in [0.29, 0.717) is 28.8 Å². The van der Waals surface area contributed by atoms with Gasteiger partial charge in [0.05, 0.1) is 12.2 Å². The van der Waals surface area contributed by atoms with E-state index >= 15 is 0 Å². The van der Waals surface area contributed by atoms with Gasteiger partial charge in [0.1, 0.15) is 10.8 Å². The zero-order valence-electron chi connectivity index (χ0n) is 17.6. The maximum atomic E-state index is 12.6. The molecule has 2 aromatic rings. The lowest BCUT2D eigenvalue weighted by Crippen LogP contribution is -2.22. The number of anilines is 1. The smallest absolute Gasteiger partial charge is 0.341 e. The minimum Gasteiger partial charge on any atom is -0.483 e. The summed E-state index contributed by atoms with van der Waals surface area (Å²) in [6, 6.07) is 5.77.